The van der Waals surface area contributed by atoms with E-state index in [0.717, 1.165) is 0 Å². The molecule has 6 heteroatoms. The van der Waals surface area contributed by atoms with Gasteiger partial charge in [0.25, 0.3) is 0 Å². The minimum absolute atomic E-state index is 0.0583. The van der Waals surface area contributed by atoms with E-state index in [9.17, 15) is 9.18 Å². The average Bonchev–Trinajstić information content (AvgIpc) is 2.69. The summed E-state index contributed by atoms with van der Waals surface area (Å²) in [6, 6.07) is -0.237. The van der Waals surface area contributed by atoms with Crippen LogP contribution in [0.15, 0.2) is 0 Å². The summed E-state index contributed by atoms with van der Waals surface area (Å²) < 4.78 is 25.9. The summed E-state index contributed by atoms with van der Waals surface area (Å²) in [5.74, 6) is -0.0583. The molecule has 1 radical (unpaired) electrons. The Morgan fingerprint density at radius 1 is 1.43 bits per heavy atom. The molecule has 0 aliphatic carbocycles. The van der Waals surface area contributed by atoms with E-state index in [0.29, 0.717) is 6.61 Å². The molecule has 0 bridgehead atoms. The summed E-state index contributed by atoms with van der Waals surface area (Å²) >= 11 is 0. The van der Waals surface area contributed by atoms with Crippen molar-refractivity contribution in [3.63, 3.8) is 0 Å². The number of hydrogen-bond acceptors (Lipinski definition) is 3. The van der Waals surface area contributed by atoms with E-state index in [1.807, 2.05) is 45.7 Å². The molecule has 121 valence electrons. The highest BCUT2D eigenvalue weighted by Gasteiger charge is 2.70. The number of hydrogen-bond donors (Lipinski definition) is 0. The quantitative estimate of drug-likeness (QED) is 0.593. The lowest BCUT2D eigenvalue weighted by molar-refractivity contribution is -0.181. The molecule has 1 amide bonds. The first kappa shape index (κ1) is 16.9. The van der Waals surface area contributed by atoms with Crippen molar-refractivity contribution >= 4 is 14.7 Å². The lowest BCUT2D eigenvalue weighted by atomic mass is 9.76. The third-order valence-electron chi connectivity index (χ3n) is 4.71. The summed E-state index contributed by atoms with van der Waals surface area (Å²) in [4.78, 5) is 14.7. The van der Waals surface area contributed by atoms with Crippen molar-refractivity contribution in [2.24, 2.45) is 0 Å². The summed E-state index contributed by atoms with van der Waals surface area (Å²) in [5, 5.41) is -0.907. The summed E-state index contributed by atoms with van der Waals surface area (Å²) in [6.45, 7) is 13.8. The van der Waals surface area contributed by atoms with Gasteiger partial charge < -0.3 is 14.4 Å². The van der Waals surface area contributed by atoms with Gasteiger partial charge in [0, 0.05) is 5.54 Å². The number of amides is 1. The first-order chi connectivity index (χ1) is 9.54. The molecular weight excluding hydrogens is 289 g/mol. The normalized spacial score (nSPS) is 38.8. The predicted molar refractivity (Wildman–Crippen MR) is 81.4 cm³/mol. The molecule has 0 aromatic heterocycles. The van der Waals surface area contributed by atoms with Gasteiger partial charge in [-0.15, -0.1) is 0 Å². The van der Waals surface area contributed by atoms with E-state index >= 15 is 0 Å². The van der Waals surface area contributed by atoms with Crippen LogP contribution in [0.1, 0.15) is 34.6 Å². The molecule has 2 aliphatic rings. The molecule has 0 aromatic rings. The molecule has 0 aromatic carbocycles. The van der Waals surface area contributed by atoms with Crippen LogP contribution in [-0.2, 0) is 14.3 Å². The number of carbonyl (C=O) groups is 1. The number of carbonyl (C=O) groups excluding carboxylic acids is 1. The monoisotopic (exact) mass is 316 g/mol. The van der Waals surface area contributed by atoms with Gasteiger partial charge in [-0.3, -0.25) is 4.79 Å². The van der Waals surface area contributed by atoms with Crippen LogP contribution in [-0.4, -0.2) is 56.4 Å². The molecule has 21 heavy (non-hydrogen) atoms. The van der Waals surface area contributed by atoms with E-state index in [-0.39, 0.29) is 29.9 Å². The minimum Gasteiger partial charge on any atom is -0.350 e. The zero-order valence-corrected chi connectivity index (χ0v) is 15.1. The van der Waals surface area contributed by atoms with Gasteiger partial charge in [-0.2, -0.15) is 0 Å². The van der Waals surface area contributed by atoms with Crippen molar-refractivity contribution in [2.75, 3.05) is 6.61 Å². The van der Waals surface area contributed by atoms with Gasteiger partial charge in [0.05, 0.1) is 26.5 Å². The van der Waals surface area contributed by atoms with Crippen LogP contribution < -0.4 is 0 Å². The number of β-lactam (4-membered cyclic amide) rings is 1. The largest absolute Gasteiger partial charge is 0.350 e. The van der Waals surface area contributed by atoms with E-state index in [1.54, 1.807) is 0 Å². The highest BCUT2D eigenvalue weighted by molar-refractivity contribution is 6.66. The molecule has 0 spiro atoms. The van der Waals surface area contributed by atoms with Gasteiger partial charge in [-0.25, -0.2) is 4.39 Å². The second-order valence-electron chi connectivity index (χ2n) is 7.35. The van der Waals surface area contributed by atoms with Crippen LogP contribution in [0.2, 0.25) is 18.1 Å². The molecule has 2 fully saturated rings. The van der Waals surface area contributed by atoms with Crippen LogP contribution in [0.25, 0.3) is 0 Å². The fraction of sp³-hybridized carbons (Fsp3) is 0.933. The van der Waals surface area contributed by atoms with E-state index in [2.05, 4.69) is 0 Å². The fourth-order valence-corrected chi connectivity index (χ4v) is 6.05. The molecular formula is C15H27FNO3Si. The van der Waals surface area contributed by atoms with Crippen molar-refractivity contribution in [3.05, 3.63) is 0 Å². The molecule has 2 rings (SSSR count). The molecule has 2 saturated heterocycles. The Labute approximate surface area is 128 Å². The highest BCUT2D eigenvalue weighted by Crippen LogP contribution is 2.57. The highest BCUT2D eigenvalue weighted by atomic mass is 28.3. The Kier molecular flexibility index (Phi) is 4.28. The number of ether oxygens (including phenoxy) is 2. The Morgan fingerprint density at radius 3 is 2.33 bits per heavy atom. The van der Waals surface area contributed by atoms with Gasteiger partial charge in [-0.05, 0) is 34.6 Å². The van der Waals surface area contributed by atoms with Gasteiger partial charge in [0.2, 0.25) is 5.91 Å². The summed E-state index contributed by atoms with van der Waals surface area (Å²) in [7, 11) is -1.18. The molecule has 4 nitrogen and oxygen atoms in total. The molecule has 2 heterocycles. The predicted octanol–water partition coefficient (Wildman–Crippen LogP) is 2.61. The van der Waals surface area contributed by atoms with E-state index in [1.165, 1.54) is 6.92 Å². The van der Waals surface area contributed by atoms with Crippen LogP contribution in [0.4, 0.5) is 4.39 Å². The third-order valence-corrected chi connectivity index (χ3v) is 7.27. The lowest BCUT2D eigenvalue weighted by Gasteiger charge is -2.64. The van der Waals surface area contributed by atoms with Crippen molar-refractivity contribution in [3.8, 4) is 0 Å². The molecule has 0 N–H and O–H groups in total. The SMILES string of the molecule is CC1OC[C@H]([C@@H]2N(C(C)(C)C)C(=O)[C@]2([C@@H](C)F)[Si](C)C)O1. The van der Waals surface area contributed by atoms with E-state index in [4.69, 9.17) is 9.47 Å². The Bertz CT molecular complexity index is 414. The minimum atomic E-state index is -1.18. The van der Waals surface area contributed by atoms with Crippen LogP contribution in [0, 0.1) is 0 Å². The Hall–Kier alpha value is -0.463. The number of likely N-dealkylation sites (tertiary alicyclic amines) is 1. The van der Waals surface area contributed by atoms with Gasteiger partial charge in [0.1, 0.15) is 12.3 Å². The Balaban J connectivity index is 2.43. The van der Waals surface area contributed by atoms with Gasteiger partial charge in [-0.1, -0.05) is 13.1 Å². The maximum atomic E-state index is 14.5. The van der Waals surface area contributed by atoms with Crippen molar-refractivity contribution in [2.45, 2.75) is 82.9 Å². The van der Waals surface area contributed by atoms with Crippen LogP contribution in [0.3, 0.4) is 0 Å². The van der Waals surface area contributed by atoms with Crippen LogP contribution >= 0.6 is 0 Å². The Morgan fingerprint density at radius 2 is 2.00 bits per heavy atom. The third kappa shape index (κ3) is 2.35. The second-order valence-corrected chi connectivity index (χ2v) is 10.2. The number of nitrogens with zero attached hydrogens (tertiary/aromatic N) is 1. The topological polar surface area (TPSA) is 38.8 Å². The fourth-order valence-electron chi connectivity index (χ4n) is 3.80. The van der Waals surface area contributed by atoms with Crippen LogP contribution in [0.5, 0.6) is 0 Å². The van der Waals surface area contributed by atoms with E-state index < -0.39 is 20.0 Å². The molecule has 5 atom stereocenters. The standard InChI is InChI=1S/C15H27FNO3Si/c1-9(16)15(21(6)7)12(11-8-19-10(2)20-11)17(13(15)18)14(3,4)5/h9-12H,8H2,1-7H3/t9-,10?,11-,12+,15-/m1/s1. The summed E-state index contributed by atoms with van der Waals surface area (Å²) in [6.07, 6.45) is -1.70. The molecule has 0 saturated carbocycles. The summed E-state index contributed by atoms with van der Waals surface area (Å²) in [5.41, 5.74) is -0.341. The molecule has 1 unspecified atom stereocenters. The maximum Gasteiger partial charge on any atom is 0.231 e. The van der Waals surface area contributed by atoms with Crippen molar-refractivity contribution in [1.82, 2.24) is 4.90 Å². The second kappa shape index (κ2) is 5.32. The first-order valence-corrected chi connectivity index (χ1v) is 10.1. The zero-order valence-electron chi connectivity index (χ0n) is 14.1. The number of alkyl halides is 1. The van der Waals surface area contributed by atoms with Crippen molar-refractivity contribution in [1.29, 1.82) is 0 Å². The smallest absolute Gasteiger partial charge is 0.231 e. The zero-order chi connectivity index (χ0) is 16.2. The molecule has 2 aliphatic heterocycles. The maximum absolute atomic E-state index is 14.5. The average molecular weight is 316 g/mol. The first-order valence-electron chi connectivity index (χ1n) is 7.60. The number of halogens is 1. The van der Waals surface area contributed by atoms with Gasteiger partial charge >= 0.3 is 0 Å². The number of rotatable bonds is 3. The van der Waals surface area contributed by atoms with Crippen molar-refractivity contribution < 1.29 is 18.7 Å². The lowest BCUT2D eigenvalue weighted by Crippen LogP contribution is -2.78. The van der Waals surface area contributed by atoms with Gasteiger partial charge in [0.15, 0.2) is 6.29 Å².